The van der Waals surface area contributed by atoms with Crippen molar-refractivity contribution in [3.8, 4) is 39.8 Å². The minimum atomic E-state index is -0.753. The second kappa shape index (κ2) is 17.0. The summed E-state index contributed by atoms with van der Waals surface area (Å²) in [6.07, 6.45) is 5.79. The Kier molecular flexibility index (Phi) is 11.5. The predicted molar refractivity (Wildman–Crippen MR) is 304 cm³/mol. The average Bonchev–Trinajstić information content (AvgIpc) is 3.99. The number of benzene rings is 7. The minimum Gasteiger partial charge on any atom is -0.510 e. The Balaban J connectivity index is 0.00000602. The van der Waals surface area contributed by atoms with E-state index in [1.54, 1.807) is 0 Å². The van der Waals surface area contributed by atoms with Crippen molar-refractivity contribution in [2.45, 2.75) is 136 Å². The third kappa shape index (κ3) is 7.80. The maximum Gasteiger partial charge on any atom is 0.268 e. The second-order valence-corrected chi connectivity index (χ2v) is 26.2. The first-order chi connectivity index (χ1) is 34.8. The van der Waals surface area contributed by atoms with Crippen molar-refractivity contribution in [1.29, 1.82) is 0 Å². The predicted octanol–water partition coefficient (Wildman–Crippen LogP) is 16.8. The second-order valence-electron chi connectivity index (χ2n) is 26.2. The molecule has 1 spiro atoms. The molecule has 4 heterocycles. The van der Waals surface area contributed by atoms with Gasteiger partial charge in [0.05, 0.1) is 16.7 Å². The average molecular weight is 1160 g/mol. The molecule has 1 aliphatic heterocycles. The number of hydrogen-bond acceptors (Lipinski definition) is 2. The van der Waals surface area contributed by atoms with E-state index in [4.69, 9.17) is 9.72 Å². The summed E-state index contributed by atoms with van der Waals surface area (Å²) in [7, 11) is 0. The molecule has 10 aromatic rings. The molecule has 382 valence electrons. The molecule has 0 atom stereocenters. The summed E-state index contributed by atoms with van der Waals surface area (Å²) in [5.41, 5.74) is 19.2. The van der Waals surface area contributed by atoms with Crippen molar-refractivity contribution in [3.05, 3.63) is 208 Å². The smallest absolute Gasteiger partial charge is 0.268 e. The van der Waals surface area contributed by atoms with Crippen LogP contribution in [0.25, 0.3) is 61.2 Å². The standard InChI is InChI=1S/C69H68N4O.Pt/c1-64(2,3)42-26-28-45(29-27-42)71-41-72-59-40-47(74-46-30-32-49-48-21-16-17-23-56(48)73(58(49)39-46)60-25-18-19-34-70-60)31-33-52(59)69(53-22-20-24-57(71)63(53)72)61-50(35-43(65(4,5)6)37-54(61)67(10,11)12)51-36-44(66(7,8)9)38-55(62(51)69)68(13,14)15;/h16-38H,1-15H3;/q-2;. The van der Waals surface area contributed by atoms with Gasteiger partial charge in [0.1, 0.15) is 5.82 Å². The summed E-state index contributed by atoms with van der Waals surface area (Å²) in [5.74, 6) is 2.03. The molecule has 0 amide bonds. The molecule has 0 fully saturated rings. The zero-order valence-corrected chi connectivity index (χ0v) is 48.6. The van der Waals surface area contributed by atoms with Gasteiger partial charge < -0.3 is 13.9 Å². The van der Waals surface area contributed by atoms with Gasteiger partial charge in [0.2, 0.25) is 0 Å². The maximum atomic E-state index is 7.03. The Morgan fingerprint density at radius 1 is 0.520 bits per heavy atom. The van der Waals surface area contributed by atoms with Crippen molar-refractivity contribution in [3.63, 3.8) is 0 Å². The van der Waals surface area contributed by atoms with E-state index in [0.29, 0.717) is 11.5 Å². The Morgan fingerprint density at radius 2 is 1.11 bits per heavy atom. The van der Waals surface area contributed by atoms with Gasteiger partial charge in [0.25, 0.3) is 6.33 Å². The van der Waals surface area contributed by atoms with Crippen LogP contribution in [0.2, 0.25) is 0 Å². The molecule has 0 bridgehead atoms. The van der Waals surface area contributed by atoms with Crippen LogP contribution < -0.4 is 9.30 Å². The number of nitrogens with zero attached hydrogens (tertiary/aromatic N) is 4. The van der Waals surface area contributed by atoms with Crippen LogP contribution in [0, 0.1) is 18.5 Å². The zero-order valence-electron chi connectivity index (χ0n) is 46.3. The summed E-state index contributed by atoms with van der Waals surface area (Å²) >= 11 is 0. The molecule has 0 radical (unpaired) electrons. The van der Waals surface area contributed by atoms with Gasteiger partial charge >= 0.3 is 0 Å². The van der Waals surface area contributed by atoms with Crippen LogP contribution in [0.5, 0.6) is 11.5 Å². The maximum absolute atomic E-state index is 7.03. The van der Waals surface area contributed by atoms with Gasteiger partial charge in [-0.3, -0.25) is 4.57 Å². The van der Waals surface area contributed by atoms with E-state index in [2.05, 4.69) is 245 Å². The Bertz CT molecular complexity index is 3850. The molecule has 6 heteroatoms. The fourth-order valence-corrected chi connectivity index (χ4v) is 12.1. The summed E-state index contributed by atoms with van der Waals surface area (Å²) in [6.45, 7) is 35.3. The van der Waals surface area contributed by atoms with Crippen molar-refractivity contribution in [1.82, 2.24) is 14.1 Å². The van der Waals surface area contributed by atoms with Gasteiger partial charge in [-0.2, -0.15) is 12.1 Å². The fraction of sp³-hybridized carbons (Fsp3) is 0.304. The van der Waals surface area contributed by atoms with E-state index in [-0.39, 0.29) is 48.1 Å². The van der Waals surface area contributed by atoms with Crippen LogP contribution in [0.3, 0.4) is 0 Å². The topological polar surface area (TPSA) is 35.9 Å². The van der Waals surface area contributed by atoms with Crippen molar-refractivity contribution in [2.24, 2.45) is 0 Å². The molecule has 12 rings (SSSR count). The van der Waals surface area contributed by atoms with Crippen LogP contribution in [0.1, 0.15) is 154 Å². The van der Waals surface area contributed by atoms with Gasteiger partial charge in [0, 0.05) is 49.7 Å². The molecule has 5 nitrogen and oxygen atoms in total. The third-order valence-electron chi connectivity index (χ3n) is 15.9. The molecular weight excluding hydrogens is 1100 g/mol. The SMILES string of the molecule is CC(C)(C)c1ccc(-[n+]2[c-]n3c4c(cccc42)C2(c4ccc(Oc5[c-]c6c(cc5)c5ccccc5n6-c5ccccn5)[c-]c4-3)c3c(cc(C(C)(C)C)cc3C(C)(C)C)-c3cc(C(C)(C)C)cc(C(C)(C)C)c32)cc1.[Pt]. The van der Waals surface area contributed by atoms with Gasteiger partial charge in [-0.25, -0.2) is 4.98 Å². The number of imidazole rings is 1. The quantitative estimate of drug-likeness (QED) is 0.130. The van der Waals surface area contributed by atoms with E-state index in [0.717, 1.165) is 55.6 Å². The molecule has 2 aliphatic rings. The van der Waals surface area contributed by atoms with Gasteiger partial charge in [-0.15, -0.1) is 35.2 Å². The van der Waals surface area contributed by atoms with Crippen molar-refractivity contribution >= 4 is 32.8 Å². The summed E-state index contributed by atoms with van der Waals surface area (Å²) < 4.78 is 13.7. The number of aromatic nitrogens is 4. The van der Waals surface area contributed by atoms with Crippen molar-refractivity contribution in [2.75, 3.05) is 0 Å². The van der Waals surface area contributed by atoms with E-state index in [1.807, 2.05) is 30.5 Å². The number of para-hydroxylation sites is 2. The molecule has 0 N–H and O–H groups in total. The number of ether oxygens (including phenoxy) is 1. The third-order valence-corrected chi connectivity index (χ3v) is 15.9. The van der Waals surface area contributed by atoms with Gasteiger partial charge in [-0.1, -0.05) is 188 Å². The zero-order chi connectivity index (χ0) is 52.2. The van der Waals surface area contributed by atoms with Crippen LogP contribution in [-0.2, 0) is 53.6 Å². The van der Waals surface area contributed by atoms with E-state index < -0.39 is 5.41 Å². The molecule has 7 aromatic carbocycles. The summed E-state index contributed by atoms with van der Waals surface area (Å²) in [6, 6.07) is 57.0. The first-order valence-electron chi connectivity index (χ1n) is 26.5. The first kappa shape index (κ1) is 50.6. The minimum absolute atomic E-state index is 0. The number of hydrogen-bond donors (Lipinski definition) is 0. The molecule has 3 aromatic heterocycles. The normalized spacial score (nSPS) is 14.1. The Hall–Kier alpha value is -6.55. The van der Waals surface area contributed by atoms with Crippen LogP contribution in [-0.4, -0.2) is 14.1 Å². The Morgan fingerprint density at radius 3 is 1.69 bits per heavy atom. The van der Waals surface area contributed by atoms with Gasteiger partial charge in [-0.05, 0) is 124 Å². The molecule has 1 aliphatic carbocycles. The number of rotatable bonds is 4. The van der Waals surface area contributed by atoms with E-state index in [1.165, 1.54) is 55.6 Å². The number of pyridine rings is 1. The first-order valence-corrected chi connectivity index (χ1v) is 26.5. The monoisotopic (exact) mass is 1160 g/mol. The molecule has 0 saturated carbocycles. The Labute approximate surface area is 458 Å². The van der Waals surface area contributed by atoms with Crippen LogP contribution >= 0.6 is 0 Å². The summed E-state index contributed by atoms with van der Waals surface area (Å²) in [4.78, 5) is 4.79. The fourth-order valence-electron chi connectivity index (χ4n) is 12.1. The van der Waals surface area contributed by atoms with Crippen LogP contribution in [0.4, 0.5) is 0 Å². The summed E-state index contributed by atoms with van der Waals surface area (Å²) in [5, 5.41) is 2.22. The molecular formula is C69H68N4OPt-2. The van der Waals surface area contributed by atoms with Crippen molar-refractivity contribution < 1.29 is 30.4 Å². The largest absolute Gasteiger partial charge is 0.510 e. The molecule has 75 heavy (non-hydrogen) atoms. The van der Waals surface area contributed by atoms with E-state index >= 15 is 0 Å². The number of fused-ring (bicyclic) bond motifs is 12. The van der Waals surface area contributed by atoms with Gasteiger partial charge in [0.15, 0.2) is 0 Å². The molecule has 0 saturated heterocycles. The molecule has 0 unspecified atom stereocenters. The van der Waals surface area contributed by atoms with Crippen LogP contribution in [0.15, 0.2) is 140 Å². The van der Waals surface area contributed by atoms with E-state index in [9.17, 15) is 0 Å².